The summed E-state index contributed by atoms with van der Waals surface area (Å²) >= 11 is 3.48. The van der Waals surface area contributed by atoms with Crippen molar-refractivity contribution in [1.29, 1.82) is 0 Å². The molecule has 0 atom stereocenters. The van der Waals surface area contributed by atoms with Crippen LogP contribution in [0.5, 0.6) is 0 Å². The lowest BCUT2D eigenvalue weighted by atomic mass is 10.1. The average Bonchev–Trinajstić information content (AvgIpc) is 2.36. The first kappa shape index (κ1) is 14.6. The topological polar surface area (TPSA) is 34.1 Å². The van der Waals surface area contributed by atoms with Gasteiger partial charge in [-0.2, -0.15) is 0 Å². The third-order valence-electron chi connectivity index (χ3n) is 2.82. The molecule has 0 spiro atoms. The van der Waals surface area contributed by atoms with E-state index in [-0.39, 0.29) is 11.6 Å². The molecule has 0 saturated heterocycles. The molecule has 0 amide bonds. The lowest BCUT2D eigenvalue weighted by Gasteiger charge is -2.04. The van der Waals surface area contributed by atoms with Crippen LogP contribution in [-0.4, -0.2) is 11.6 Å². The molecule has 0 unspecified atom stereocenters. The number of carbonyl (C=O) groups excluding carboxylic acids is 2. The summed E-state index contributed by atoms with van der Waals surface area (Å²) in [6.07, 6.45) is 5.01. The summed E-state index contributed by atoms with van der Waals surface area (Å²) in [5, 5.41) is 0. The monoisotopic (exact) mass is 306 g/mol. The maximum atomic E-state index is 10.3. The molecule has 2 rings (SSSR count). The van der Waals surface area contributed by atoms with Crippen LogP contribution in [0.25, 0.3) is 0 Å². The van der Waals surface area contributed by atoms with Gasteiger partial charge in [0.1, 0.15) is 0 Å². The molecule has 0 radical (unpaired) electrons. The summed E-state index contributed by atoms with van der Waals surface area (Å²) in [5.41, 5.74) is 4.09. The van der Waals surface area contributed by atoms with Crippen LogP contribution in [0.4, 0.5) is 0 Å². The second-order valence-corrected chi connectivity index (χ2v) is 4.94. The van der Waals surface area contributed by atoms with Crippen molar-refractivity contribution in [1.82, 2.24) is 0 Å². The Morgan fingerprint density at radius 1 is 0.778 bits per heavy atom. The average molecular weight is 307 g/mol. The highest BCUT2D eigenvalue weighted by Gasteiger charge is 1.99. The Labute approximate surface area is 116 Å². The van der Waals surface area contributed by atoms with E-state index < -0.39 is 0 Å². The van der Waals surface area contributed by atoms with Gasteiger partial charge in [0.25, 0.3) is 0 Å². The van der Waals surface area contributed by atoms with E-state index in [1.165, 1.54) is 45.5 Å². The van der Waals surface area contributed by atoms with Gasteiger partial charge in [-0.05, 0) is 67.8 Å². The van der Waals surface area contributed by atoms with Gasteiger partial charge in [0.15, 0.2) is 11.6 Å². The molecular formula is C15H15BrO2. The summed E-state index contributed by atoms with van der Waals surface area (Å²) in [6, 6.07) is 4.23. The van der Waals surface area contributed by atoms with Crippen molar-refractivity contribution in [2.24, 2.45) is 0 Å². The van der Waals surface area contributed by atoms with Gasteiger partial charge in [-0.1, -0.05) is 22.0 Å². The van der Waals surface area contributed by atoms with Crippen molar-refractivity contribution in [2.45, 2.75) is 20.8 Å². The fourth-order valence-electron chi connectivity index (χ4n) is 1.36. The minimum absolute atomic E-state index is 0.121. The molecule has 0 N–H and O–H groups in total. The normalized spacial score (nSPS) is 13.3. The number of rotatable bonds is 0. The SMILES string of the molecule is Cc1ccc(Br)c(C)c1C.O=C1C=CC(=O)C=C1. The third-order valence-corrected chi connectivity index (χ3v) is 3.67. The molecule has 0 aromatic heterocycles. The molecule has 0 aliphatic heterocycles. The molecule has 0 bridgehead atoms. The van der Waals surface area contributed by atoms with Gasteiger partial charge in [-0.25, -0.2) is 0 Å². The zero-order chi connectivity index (χ0) is 13.7. The first-order valence-corrected chi connectivity index (χ1v) is 6.37. The van der Waals surface area contributed by atoms with Crippen LogP contribution in [0.15, 0.2) is 40.9 Å². The molecule has 1 aromatic carbocycles. The summed E-state index contributed by atoms with van der Waals surface area (Å²) in [6.45, 7) is 6.41. The first-order chi connectivity index (χ1) is 8.41. The minimum atomic E-state index is -0.121. The summed E-state index contributed by atoms with van der Waals surface area (Å²) in [7, 11) is 0. The molecule has 1 aromatic rings. The fraction of sp³-hybridized carbons (Fsp3) is 0.200. The molecule has 18 heavy (non-hydrogen) atoms. The fourth-order valence-corrected chi connectivity index (χ4v) is 1.79. The van der Waals surface area contributed by atoms with Crippen molar-refractivity contribution in [2.75, 3.05) is 0 Å². The van der Waals surface area contributed by atoms with Crippen LogP contribution in [0.1, 0.15) is 16.7 Å². The molecule has 3 heteroatoms. The number of carbonyl (C=O) groups is 2. The van der Waals surface area contributed by atoms with Crippen LogP contribution in [0, 0.1) is 20.8 Å². The van der Waals surface area contributed by atoms with Crippen LogP contribution in [-0.2, 0) is 9.59 Å². The van der Waals surface area contributed by atoms with E-state index in [1.54, 1.807) is 0 Å². The maximum Gasteiger partial charge on any atom is 0.178 e. The van der Waals surface area contributed by atoms with E-state index in [2.05, 4.69) is 48.8 Å². The number of allylic oxidation sites excluding steroid dienone is 4. The van der Waals surface area contributed by atoms with Gasteiger partial charge in [-0.3, -0.25) is 9.59 Å². The van der Waals surface area contributed by atoms with Crippen molar-refractivity contribution >= 4 is 27.5 Å². The number of hydrogen-bond acceptors (Lipinski definition) is 2. The molecule has 0 fully saturated rings. The van der Waals surface area contributed by atoms with Crippen LogP contribution < -0.4 is 0 Å². The number of halogens is 1. The van der Waals surface area contributed by atoms with Crippen LogP contribution in [0.2, 0.25) is 0 Å². The van der Waals surface area contributed by atoms with Crippen molar-refractivity contribution in [3.05, 3.63) is 57.6 Å². The minimum Gasteiger partial charge on any atom is -0.290 e. The number of hydrogen-bond donors (Lipinski definition) is 0. The summed E-state index contributed by atoms with van der Waals surface area (Å²) < 4.78 is 1.20. The number of benzene rings is 1. The van der Waals surface area contributed by atoms with Crippen molar-refractivity contribution in [3.63, 3.8) is 0 Å². The van der Waals surface area contributed by atoms with E-state index in [0.717, 1.165) is 0 Å². The Bertz CT molecular complexity index is 475. The number of aryl methyl sites for hydroxylation is 1. The van der Waals surface area contributed by atoms with E-state index in [4.69, 9.17) is 0 Å². The van der Waals surface area contributed by atoms with Crippen molar-refractivity contribution < 1.29 is 9.59 Å². The molecule has 2 nitrogen and oxygen atoms in total. The predicted octanol–water partition coefficient (Wildman–Crippen LogP) is 3.62. The zero-order valence-corrected chi connectivity index (χ0v) is 12.2. The lowest BCUT2D eigenvalue weighted by Crippen LogP contribution is -1.97. The highest BCUT2D eigenvalue weighted by Crippen LogP contribution is 2.21. The second-order valence-electron chi connectivity index (χ2n) is 4.09. The summed E-state index contributed by atoms with van der Waals surface area (Å²) in [4.78, 5) is 20.6. The van der Waals surface area contributed by atoms with Gasteiger partial charge in [0.2, 0.25) is 0 Å². The molecule has 0 heterocycles. The van der Waals surface area contributed by atoms with Crippen LogP contribution >= 0.6 is 15.9 Å². The highest BCUT2D eigenvalue weighted by atomic mass is 79.9. The van der Waals surface area contributed by atoms with E-state index in [9.17, 15) is 9.59 Å². The van der Waals surface area contributed by atoms with Gasteiger partial charge in [0, 0.05) is 4.47 Å². The second kappa shape index (κ2) is 6.45. The van der Waals surface area contributed by atoms with Gasteiger partial charge in [0.05, 0.1) is 0 Å². The maximum absolute atomic E-state index is 10.3. The predicted molar refractivity (Wildman–Crippen MR) is 76.6 cm³/mol. The number of ketones is 2. The van der Waals surface area contributed by atoms with E-state index in [1.807, 2.05) is 0 Å². The van der Waals surface area contributed by atoms with Crippen LogP contribution in [0.3, 0.4) is 0 Å². The molecule has 1 aliphatic rings. The Kier molecular flexibility index (Phi) is 5.23. The highest BCUT2D eigenvalue weighted by molar-refractivity contribution is 9.10. The van der Waals surface area contributed by atoms with Gasteiger partial charge in [-0.15, -0.1) is 0 Å². The smallest absolute Gasteiger partial charge is 0.178 e. The lowest BCUT2D eigenvalue weighted by molar-refractivity contribution is -0.113. The molecule has 1 aliphatic carbocycles. The quantitative estimate of drug-likeness (QED) is 0.686. The standard InChI is InChI=1S/C9H11Br.C6H4O2/c1-6-4-5-9(10)8(3)7(6)2;7-5-1-2-6(8)4-3-5/h4-5H,1-3H3;1-4H. The Balaban J connectivity index is 0.000000184. The van der Waals surface area contributed by atoms with Gasteiger partial charge >= 0.3 is 0 Å². The Hall–Kier alpha value is -1.48. The van der Waals surface area contributed by atoms with Crippen molar-refractivity contribution in [3.8, 4) is 0 Å². The molecule has 94 valence electrons. The third kappa shape index (κ3) is 4.08. The molecular weight excluding hydrogens is 292 g/mol. The zero-order valence-electron chi connectivity index (χ0n) is 10.7. The Morgan fingerprint density at radius 3 is 1.61 bits per heavy atom. The summed E-state index contributed by atoms with van der Waals surface area (Å²) in [5.74, 6) is -0.241. The van der Waals surface area contributed by atoms with E-state index >= 15 is 0 Å². The van der Waals surface area contributed by atoms with E-state index in [0.29, 0.717) is 0 Å². The largest absolute Gasteiger partial charge is 0.290 e. The van der Waals surface area contributed by atoms with Gasteiger partial charge < -0.3 is 0 Å². The first-order valence-electron chi connectivity index (χ1n) is 5.58. The Morgan fingerprint density at radius 2 is 1.22 bits per heavy atom. The molecule has 0 saturated carbocycles.